The zero-order valence-corrected chi connectivity index (χ0v) is 18.3. The maximum absolute atomic E-state index is 12.9. The Bertz CT molecular complexity index is 1000. The number of para-hydroxylation sites is 1. The topological polar surface area (TPSA) is 85.4 Å². The van der Waals surface area contributed by atoms with Crippen molar-refractivity contribution >= 4 is 29.4 Å². The van der Waals surface area contributed by atoms with Crippen molar-refractivity contribution in [2.75, 3.05) is 30.6 Å². The maximum atomic E-state index is 12.9. The van der Waals surface area contributed by atoms with Crippen LogP contribution in [0.4, 0.5) is 16.2 Å². The number of fused-ring (bicyclic) bond motifs is 1. The Morgan fingerprint density at radius 1 is 1.00 bits per heavy atom. The summed E-state index contributed by atoms with van der Waals surface area (Å²) in [5.41, 5.74) is 1.47. The van der Waals surface area contributed by atoms with E-state index in [2.05, 4.69) is 0 Å². The maximum Gasteiger partial charge on any atom is 0.414 e. The summed E-state index contributed by atoms with van der Waals surface area (Å²) in [4.78, 5) is 41.1. The van der Waals surface area contributed by atoms with E-state index in [1.54, 1.807) is 55.0 Å². The molecule has 1 amide bonds. The van der Waals surface area contributed by atoms with Crippen molar-refractivity contribution in [3.05, 3.63) is 59.5 Å². The summed E-state index contributed by atoms with van der Waals surface area (Å²) >= 11 is 0. The van der Waals surface area contributed by atoms with Gasteiger partial charge in [-0.25, -0.2) is 14.4 Å². The van der Waals surface area contributed by atoms with Gasteiger partial charge in [-0.05, 0) is 51.0 Å². The Morgan fingerprint density at radius 3 is 2.35 bits per heavy atom. The van der Waals surface area contributed by atoms with E-state index < -0.39 is 23.6 Å². The molecule has 1 aromatic rings. The average Bonchev–Trinajstić information content (AvgIpc) is 3.04. The smallest absolute Gasteiger partial charge is 0.414 e. The first-order valence-corrected chi connectivity index (χ1v) is 9.85. The van der Waals surface area contributed by atoms with E-state index in [9.17, 15) is 14.4 Å². The molecule has 0 aromatic heterocycles. The molecule has 0 N–H and O–H groups in total. The lowest BCUT2D eigenvalue weighted by molar-refractivity contribution is -0.139. The van der Waals surface area contributed by atoms with Crippen molar-refractivity contribution in [1.82, 2.24) is 0 Å². The van der Waals surface area contributed by atoms with Crippen LogP contribution < -0.4 is 9.80 Å². The number of anilines is 2. The molecule has 164 valence electrons. The van der Waals surface area contributed by atoms with Crippen LogP contribution in [0.2, 0.25) is 0 Å². The number of carbonyl (C=O) groups excluding carboxylic acids is 3. The van der Waals surface area contributed by atoms with E-state index >= 15 is 0 Å². The standard InChI is InChI=1S/C23H26N2O6/c1-23(2,3)31-22(28)25-14-12-15-9-8-11-17(18(15)25)24-13-7-6-10-16(20(26)29-4)19(24)21(27)30-5/h6-11,13H,12,14H2,1-5H3. The number of ether oxygens (including phenoxy) is 3. The predicted molar refractivity (Wildman–Crippen MR) is 116 cm³/mol. The number of nitrogens with zero attached hydrogens (tertiary/aromatic N) is 2. The number of hydrogen-bond donors (Lipinski definition) is 0. The second-order valence-corrected chi connectivity index (χ2v) is 7.98. The first kappa shape index (κ1) is 22.1. The van der Waals surface area contributed by atoms with Gasteiger partial charge in [0.25, 0.3) is 0 Å². The predicted octanol–water partition coefficient (Wildman–Crippen LogP) is 3.47. The van der Waals surface area contributed by atoms with Crippen LogP contribution in [0, 0.1) is 0 Å². The number of hydrogen-bond acceptors (Lipinski definition) is 7. The fourth-order valence-electron chi connectivity index (χ4n) is 3.48. The molecule has 2 heterocycles. The van der Waals surface area contributed by atoms with Gasteiger partial charge in [0.2, 0.25) is 0 Å². The molecule has 31 heavy (non-hydrogen) atoms. The van der Waals surface area contributed by atoms with E-state index in [0.29, 0.717) is 24.3 Å². The minimum absolute atomic E-state index is 0.0104. The van der Waals surface area contributed by atoms with E-state index in [-0.39, 0.29) is 11.3 Å². The molecular weight excluding hydrogens is 400 g/mol. The van der Waals surface area contributed by atoms with Gasteiger partial charge >= 0.3 is 18.0 Å². The number of esters is 2. The SMILES string of the molecule is COC(=O)C1=C(C(=O)OC)N(c2cccc3c2N(C(=O)OC(C)(C)C)CC3)C=CC=C1. The van der Waals surface area contributed by atoms with Gasteiger partial charge in [0.1, 0.15) is 11.3 Å². The molecule has 0 radical (unpaired) electrons. The summed E-state index contributed by atoms with van der Waals surface area (Å²) in [6, 6.07) is 5.53. The lowest BCUT2D eigenvalue weighted by atomic mass is 10.1. The van der Waals surface area contributed by atoms with E-state index in [4.69, 9.17) is 14.2 Å². The molecule has 0 fully saturated rings. The Labute approximate surface area is 181 Å². The molecule has 0 aliphatic carbocycles. The molecule has 2 aliphatic heterocycles. The fraction of sp³-hybridized carbons (Fsp3) is 0.348. The minimum Gasteiger partial charge on any atom is -0.465 e. The van der Waals surface area contributed by atoms with Crippen molar-refractivity contribution in [3.63, 3.8) is 0 Å². The highest BCUT2D eigenvalue weighted by Crippen LogP contribution is 2.41. The molecule has 1 aromatic carbocycles. The number of rotatable bonds is 3. The van der Waals surface area contributed by atoms with Crippen LogP contribution in [-0.2, 0) is 30.2 Å². The Morgan fingerprint density at radius 2 is 1.71 bits per heavy atom. The molecule has 3 rings (SSSR count). The van der Waals surface area contributed by atoms with Gasteiger partial charge in [0.15, 0.2) is 0 Å². The van der Waals surface area contributed by atoms with Crippen molar-refractivity contribution in [2.45, 2.75) is 32.8 Å². The van der Waals surface area contributed by atoms with E-state index in [1.165, 1.54) is 20.3 Å². The summed E-state index contributed by atoms with van der Waals surface area (Å²) in [6.45, 7) is 5.85. The third-order valence-electron chi connectivity index (χ3n) is 4.74. The van der Waals surface area contributed by atoms with Crippen LogP contribution in [0.5, 0.6) is 0 Å². The van der Waals surface area contributed by atoms with Gasteiger partial charge in [-0.1, -0.05) is 18.2 Å². The fourth-order valence-corrected chi connectivity index (χ4v) is 3.48. The Balaban J connectivity index is 2.17. The third kappa shape index (κ3) is 4.47. The van der Waals surface area contributed by atoms with E-state index in [0.717, 1.165) is 5.56 Å². The molecule has 0 unspecified atom stereocenters. The first-order valence-electron chi connectivity index (χ1n) is 9.85. The van der Waals surface area contributed by atoms with Crippen LogP contribution in [0.25, 0.3) is 0 Å². The van der Waals surface area contributed by atoms with Crippen molar-refractivity contribution in [1.29, 1.82) is 0 Å². The summed E-state index contributed by atoms with van der Waals surface area (Å²) in [6.07, 6.45) is 6.60. The van der Waals surface area contributed by atoms with Crippen molar-refractivity contribution in [3.8, 4) is 0 Å². The van der Waals surface area contributed by atoms with Gasteiger partial charge in [0.05, 0.1) is 31.2 Å². The number of methoxy groups -OCH3 is 2. The summed E-state index contributed by atoms with van der Waals surface area (Å²) in [7, 11) is 2.48. The molecule has 0 saturated heterocycles. The van der Waals surface area contributed by atoms with Gasteiger partial charge < -0.3 is 19.1 Å². The molecule has 8 heteroatoms. The van der Waals surface area contributed by atoms with Crippen LogP contribution in [0.1, 0.15) is 26.3 Å². The zero-order chi connectivity index (χ0) is 22.8. The lowest BCUT2D eigenvalue weighted by Crippen LogP contribution is -2.36. The van der Waals surface area contributed by atoms with Gasteiger partial charge in [0, 0.05) is 12.7 Å². The number of amides is 1. The van der Waals surface area contributed by atoms with Crippen LogP contribution >= 0.6 is 0 Å². The van der Waals surface area contributed by atoms with Crippen LogP contribution in [-0.4, -0.2) is 44.4 Å². The monoisotopic (exact) mass is 426 g/mol. The third-order valence-corrected chi connectivity index (χ3v) is 4.74. The molecule has 2 aliphatic rings. The number of carbonyl (C=O) groups is 3. The van der Waals surface area contributed by atoms with Crippen molar-refractivity contribution < 1.29 is 28.6 Å². The second kappa shape index (κ2) is 8.67. The molecular formula is C23H26N2O6. The highest BCUT2D eigenvalue weighted by atomic mass is 16.6. The zero-order valence-electron chi connectivity index (χ0n) is 18.3. The molecule has 8 nitrogen and oxygen atoms in total. The van der Waals surface area contributed by atoms with Gasteiger partial charge in [-0.3, -0.25) is 4.90 Å². The molecule has 0 spiro atoms. The van der Waals surface area contributed by atoms with Crippen LogP contribution in [0.3, 0.4) is 0 Å². The minimum atomic E-state index is -0.712. The highest BCUT2D eigenvalue weighted by molar-refractivity contribution is 6.07. The quantitative estimate of drug-likeness (QED) is 0.540. The Hall–Kier alpha value is -3.55. The van der Waals surface area contributed by atoms with Crippen molar-refractivity contribution in [2.24, 2.45) is 0 Å². The normalized spacial score (nSPS) is 15.5. The summed E-state index contributed by atoms with van der Waals surface area (Å²) in [5, 5.41) is 0. The summed E-state index contributed by atoms with van der Waals surface area (Å²) < 4.78 is 15.4. The molecule has 0 bridgehead atoms. The Kier molecular flexibility index (Phi) is 6.19. The molecule has 0 saturated carbocycles. The largest absolute Gasteiger partial charge is 0.465 e. The van der Waals surface area contributed by atoms with Gasteiger partial charge in [-0.15, -0.1) is 0 Å². The highest BCUT2D eigenvalue weighted by Gasteiger charge is 2.35. The average molecular weight is 426 g/mol. The second-order valence-electron chi connectivity index (χ2n) is 7.98. The van der Waals surface area contributed by atoms with Crippen LogP contribution in [0.15, 0.2) is 53.9 Å². The summed E-state index contributed by atoms with van der Waals surface area (Å²) in [5.74, 6) is -1.39. The first-order chi connectivity index (χ1) is 14.7. The number of benzene rings is 1. The van der Waals surface area contributed by atoms with Gasteiger partial charge in [-0.2, -0.15) is 0 Å². The molecule has 0 atom stereocenters. The number of allylic oxidation sites excluding steroid dienone is 2. The van der Waals surface area contributed by atoms with E-state index in [1.807, 2.05) is 12.1 Å². The lowest BCUT2D eigenvalue weighted by Gasteiger charge is -2.29.